The molecule has 5 aromatic rings. The average molecular weight is 554 g/mol. The van der Waals surface area contributed by atoms with Crippen molar-refractivity contribution < 1.29 is 5.76 Å². The van der Waals surface area contributed by atoms with Crippen molar-refractivity contribution in [2.45, 2.75) is 44.3 Å². The van der Waals surface area contributed by atoms with Crippen LogP contribution in [0.2, 0.25) is 5.02 Å². The Bertz CT molecular complexity index is 1770. The third kappa shape index (κ3) is 5.06. The van der Waals surface area contributed by atoms with E-state index in [4.69, 9.17) is 11.6 Å². The van der Waals surface area contributed by atoms with E-state index in [1.165, 1.54) is 18.5 Å². The fraction of sp³-hybridized carbons (Fsp3) is 0.233. The molecule has 0 saturated heterocycles. The fourth-order valence-electron chi connectivity index (χ4n) is 4.75. The average Bonchev–Trinajstić information content (AvgIpc) is 3.71. The summed E-state index contributed by atoms with van der Waals surface area (Å²) in [6.07, 6.45) is 7.22. The molecule has 200 valence electrons. The maximum absolute atomic E-state index is 15.1. The number of hydrogen-bond donors (Lipinski definition) is 2. The van der Waals surface area contributed by atoms with Crippen molar-refractivity contribution in [3.05, 3.63) is 107 Å². The maximum atomic E-state index is 15.1. The van der Waals surface area contributed by atoms with Crippen molar-refractivity contribution in [1.29, 1.82) is 5.26 Å². The Morgan fingerprint density at radius 3 is 2.73 bits per heavy atom. The van der Waals surface area contributed by atoms with Gasteiger partial charge in [0.2, 0.25) is 5.95 Å². The smallest absolute Gasteiger partial charge is 0.218 e. The van der Waals surface area contributed by atoms with Crippen LogP contribution in [-0.4, -0.2) is 25.0 Å². The van der Waals surface area contributed by atoms with Crippen molar-refractivity contribution in [1.82, 2.24) is 25.0 Å². The second kappa shape index (κ2) is 10.9. The van der Waals surface area contributed by atoms with Crippen LogP contribution in [0.3, 0.4) is 0 Å². The third-order valence-electron chi connectivity index (χ3n) is 6.96. The van der Waals surface area contributed by atoms with Crippen molar-refractivity contribution in [2.75, 3.05) is 10.6 Å². The van der Waals surface area contributed by atoms with E-state index in [-0.39, 0.29) is 23.3 Å². The van der Waals surface area contributed by atoms with E-state index in [1.54, 1.807) is 29.1 Å². The minimum absolute atomic E-state index is 0.0172. The van der Waals surface area contributed by atoms with Crippen molar-refractivity contribution >= 4 is 33.9 Å². The Morgan fingerprint density at radius 1 is 1.18 bits per heavy atom. The normalized spacial score (nSPS) is 15.6. The molecule has 2 N–H and O–H groups in total. The number of rotatable bonds is 9. The van der Waals surface area contributed by atoms with Crippen molar-refractivity contribution in [3.63, 3.8) is 0 Å². The number of aromatic nitrogens is 5. The summed E-state index contributed by atoms with van der Waals surface area (Å²) in [7, 11) is 0. The summed E-state index contributed by atoms with van der Waals surface area (Å²) in [4.78, 5) is 8.23. The zero-order valence-electron chi connectivity index (χ0n) is 22.6. The predicted octanol–water partition coefficient (Wildman–Crippen LogP) is 6.99. The second-order valence-electron chi connectivity index (χ2n) is 9.69. The van der Waals surface area contributed by atoms with Gasteiger partial charge in [-0.1, -0.05) is 60.1 Å². The molecule has 2 unspecified atom stereocenters. The largest absolute Gasteiger partial charge is 0.377 e. The Labute approximate surface area is 237 Å². The first-order chi connectivity index (χ1) is 19.9. The predicted molar refractivity (Wildman–Crippen MR) is 153 cm³/mol. The zero-order chi connectivity index (χ0) is 28.6. The monoisotopic (exact) mass is 553 g/mol. The van der Waals surface area contributed by atoms with Crippen LogP contribution in [0, 0.1) is 17.3 Å². The molecule has 3 heterocycles. The number of nitrogens with one attached hydrogen (secondary N) is 2. The molecule has 6 rings (SSSR count). The molecule has 1 aliphatic rings. The lowest BCUT2D eigenvalue weighted by Crippen LogP contribution is -2.15. The van der Waals surface area contributed by atoms with Gasteiger partial charge in [-0.2, -0.15) is 9.65 Å². The van der Waals surface area contributed by atoms with Gasteiger partial charge in [-0.15, -0.1) is 5.10 Å². The molecule has 2 aromatic carbocycles. The van der Waals surface area contributed by atoms with Crippen LogP contribution in [0.1, 0.15) is 68.0 Å². The number of nitriles is 1. The highest BCUT2D eigenvalue weighted by Crippen LogP contribution is 2.38. The van der Waals surface area contributed by atoms with Gasteiger partial charge < -0.3 is 10.6 Å². The van der Waals surface area contributed by atoms with Crippen LogP contribution in [-0.2, 0) is 0 Å². The van der Waals surface area contributed by atoms with Crippen molar-refractivity contribution in [2.24, 2.45) is 0 Å². The summed E-state index contributed by atoms with van der Waals surface area (Å²) in [5.41, 5.74) is 3.09. The molecule has 2 atom stereocenters. The number of anilines is 2. The van der Waals surface area contributed by atoms with E-state index in [0.717, 1.165) is 24.8 Å². The minimum Gasteiger partial charge on any atom is -0.377 e. The Morgan fingerprint density at radius 2 is 2.00 bits per heavy atom. The highest BCUT2D eigenvalue weighted by molar-refractivity contribution is 6.35. The SMILES string of the molecule is [2H]C(Nc1cc(Cl)c2ncc(C#N)c(NC(CC)c3ccccc3)c2c1)(c1cn(C2CC2)nn1)c1cccnc1F. The van der Waals surface area contributed by atoms with Gasteiger partial charge in [0.1, 0.15) is 17.8 Å². The first-order valence-electron chi connectivity index (χ1n) is 13.6. The Hall–Kier alpha value is -4.55. The molecule has 0 radical (unpaired) electrons. The number of pyridine rings is 2. The lowest BCUT2D eigenvalue weighted by atomic mass is 10.0. The van der Waals surface area contributed by atoms with Crippen LogP contribution in [0.25, 0.3) is 10.9 Å². The van der Waals surface area contributed by atoms with Gasteiger partial charge in [-0.3, -0.25) is 4.98 Å². The van der Waals surface area contributed by atoms with Gasteiger partial charge in [0.05, 0.1) is 41.4 Å². The molecule has 8 nitrogen and oxygen atoms in total. The van der Waals surface area contributed by atoms with Crippen LogP contribution >= 0.6 is 11.6 Å². The molecule has 0 bridgehead atoms. The Kier molecular flexibility index (Phi) is 6.68. The van der Waals surface area contributed by atoms with Crippen LogP contribution < -0.4 is 10.6 Å². The highest BCUT2D eigenvalue weighted by atomic mass is 35.5. The van der Waals surface area contributed by atoms with Gasteiger partial charge in [0, 0.05) is 29.0 Å². The van der Waals surface area contributed by atoms with E-state index >= 15 is 4.39 Å². The van der Waals surface area contributed by atoms with Crippen LogP contribution in [0.15, 0.2) is 73.2 Å². The molecule has 10 heteroatoms. The molecule has 3 aromatic heterocycles. The van der Waals surface area contributed by atoms with Gasteiger partial charge >= 0.3 is 0 Å². The molecule has 1 saturated carbocycles. The Balaban J connectivity index is 1.47. The molecule has 0 aliphatic heterocycles. The quantitative estimate of drug-likeness (QED) is 0.190. The van der Waals surface area contributed by atoms with Crippen LogP contribution in [0.4, 0.5) is 15.8 Å². The first kappa shape index (κ1) is 24.5. The standard InChI is InChI=1S/C30H26ClFN8/c1-2-25(18-7-4-3-5-8-18)37-27-19(15-33)16-35-28-23(27)13-20(14-24(28)31)36-29(22-9-6-12-34-30(22)32)26-17-40(39-38-26)21-10-11-21/h3-9,12-14,16-17,21,25,29,36H,2,10-11H2,1H3,(H,35,37)/i29D. The van der Waals surface area contributed by atoms with Gasteiger partial charge in [0.15, 0.2) is 0 Å². The van der Waals surface area contributed by atoms with E-state index in [1.807, 2.05) is 30.3 Å². The molecule has 1 aliphatic carbocycles. The van der Waals surface area contributed by atoms with Crippen molar-refractivity contribution in [3.8, 4) is 6.07 Å². The van der Waals surface area contributed by atoms with Gasteiger partial charge in [0.25, 0.3) is 0 Å². The lowest BCUT2D eigenvalue weighted by Gasteiger charge is -2.22. The molecule has 0 amide bonds. The summed E-state index contributed by atoms with van der Waals surface area (Å²) < 4.78 is 26.3. The second-order valence-corrected chi connectivity index (χ2v) is 10.1. The maximum Gasteiger partial charge on any atom is 0.218 e. The fourth-order valence-corrected chi connectivity index (χ4v) is 5.02. The number of halogens is 2. The summed E-state index contributed by atoms with van der Waals surface area (Å²) in [5, 5.41) is 26.0. The molecule has 0 spiro atoms. The van der Waals surface area contributed by atoms with E-state index in [0.29, 0.717) is 32.9 Å². The number of nitrogens with zero attached hydrogens (tertiary/aromatic N) is 6. The summed E-state index contributed by atoms with van der Waals surface area (Å²) in [5.74, 6) is -0.799. The zero-order valence-corrected chi connectivity index (χ0v) is 22.4. The van der Waals surface area contributed by atoms with Crippen LogP contribution in [0.5, 0.6) is 0 Å². The minimum atomic E-state index is -1.88. The van der Waals surface area contributed by atoms with Gasteiger partial charge in [-0.25, -0.2) is 9.67 Å². The molecular weight excluding hydrogens is 527 g/mol. The number of hydrogen-bond acceptors (Lipinski definition) is 7. The van der Waals surface area contributed by atoms with E-state index in [2.05, 4.69) is 43.9 Å². The van der Waals surface area contributed by atoms with E-state index in [9.17, 15) is 6.63 Å². The third-order valence-corrected chi connectivity index (χ3v) is 7.25. The molecule has 40 heavy (non-hydrogen) atoms. The summed E-state index contributed by atoms with van der Waals surface area (Å²) >= 11 is 6.73. The number of benzene rings is 2. The summed E-state index contributed by atoms with van der Waals surface area (Å²) in [6.45, 7) is 2.06. The number of fused-ring (bicyclic) bond motifs is 1. The molecule has 1 fully saturated rings. The lowest BCUT2D eigenvalue weighted by molar-refractivity contribution is 0.560. The van der Waals surface area contributed by atoms with E-state index < -0.39 is 12.0 Å². The first-order valence-corrected chi connectivity index (χ1v) is 13.4. The topological polar surface area (TPSA) is 104 Å². The highest BCUT2D eigenvalue weighted by Gasteiger charge is 2.28. The molecular formula is C30H26ClFN8. The summed E-state index contributed by atoms with van der Waals surface area (Å²) in [6, 6.07) is 16.9. The van der Waals surface area contributed by atoms with Gasteiger partial charge in [-0.05, 0) is 43.0 Å².